The van der Waals surface area contributed by atoms with E-state index in [1.54, 1.807) is 22.3 Å². The first-order chi connectivity index (χ1) is 21.5. The molecular weight excluding hydrogens is 624 g/mol. The van der Waals surface area contributed by atoms with E-state index in [-0.39, 0.29) is 0 Å². The summed E-state index contributed by atoms with van der Waals surface area (Å²) in [5.41, 5.74) is 14.8. The fraction of sp³-hybridized carbons (Fsp3) is 0.143. The summed E-state index contributed by atoms with van der Waals surface area (Å²) in [6.07, 6.45) is 5.15. The van der Waals surface area contributed by atoms with E-state index in [0.29, 0.717) is 7.25 Å². The van der Waals surface area contributed by atoms with Gasteiger partial charge in [0, 0.05) is 0 Å². The third-order valence-corrected chi connectivity index (χ3v) is 31.3. The van der Waals surface area contributed by atoms with E-state index >= 15 is 0 Å². The van der Waals surface area contributed by atoms with Gasteiger partial charge in [-0.1, -0.05) is 0 Å². The average molecular weight is 661 g/mol. The fourth-order valence-corrected chi connectivity index (χ4v) is 30.3. The van der Waals surface area contributed by atoms with Crippen molar-refractivity contribution < 1.29 is 20.9 Å². The van der Waals surface area contributed by atoms with Crippen molar-refractivity contribution >= 4 is 50.8 Å². The van der Waals surface area contributed by atoms with Crippen molar-refractivity contribution in [3.8, 4) is 0 Å². The van der Waals surface area contributed by atoms with Gasteiger partial charge in [-0.2, -0.15) is 0 Å². The Hall–Kier alpha value is -3.58. The molecule has 0 nitrogen and oxygen atoms in total. The third-order valence-electron chi connectivity index (χ3n) is 9.83. The molecule has 0 aromatic heterocycles. The average Bonchev–Trinajstić information content (AvgIpc) is 3.60. The van der Waals surface area contributed by atoms with Gasteiger partial charge < -0.3 is 0 Å². The molecule has 0 aliphatic heterocycles. The van der Waals surface area contributed by atoms with E-state index in [0.717, 1.165) is 0 Å². The second-order valence-corrected chi connectivity index (χ2v) is 33.1. The van der Waals surface area contributed by atoms with Gasteiger partial charge in [-0.05, 0) is 0 Å². The van der Waals surface area contributed by atoms with E-state index in [9.17, 15) is 0 Å². The van der Waals surface area contributed by atoms with Crippen molar-refractivity contribution in [3.05, 3.63) is 166 Å². The molecule has 6 aromatic rings. The van der Waals surface area contributed by atoms with Gasteiger partial charge in [0.25, 0.3) is 0 Å². The zero-order valence-electron chi connectivity index (χ0n) is 25.9. The van der Waals surface area contributed by atoms with E-state index in [4.69, 9.17) is 0 Å². The summed E-state index contributed by atoms with van der Waals surface area (Å²) in [5, 5.41) is 5.48. The van der Waals surface area contributed by atoms with Crippen LogP contribution in [0.2, 0.25) is 13.1 Å². The zero-order valence-corrected chi connectivity index (χ0v) is 29.5. The topological polar surface area (TPSA) is 0 Å². The second kappa shape index (κ2) is 11.1. The van der Waals surface area contributed by atoms with Gasteiger partial charge in [0.15, 0.2) is 0 Å². The third kappa shape index (κ3) is 4.58. The molecule has 2 aliphatic rings. The molecule has 2 unspecified atom stereocenters. The predicted molar refractivity (Wildman–Crippen MR) is 190 cm³/mol. The van der Waals surface area contributed by atoms with Crippen LogP contribution in [0.25, 0.3) is 44.8 Å². The normalized spacial score (nSPS) is 17.1. The number of benzene rings is 6. The Morgan fingerprint density at radius 2 is 0.909 bits per heavy atom. The summed E-state index contributed by atoms with van der Waals surface area (Å²) in [7, 11) is 0. The molecule has 6 aromatic carbocycles. The molecule has 213 valence electrons. The first kappa shape index (κ1) is 27.9. The van der Waals surface area contributed by atoms with Crippen LogP contribution < -0.4 is 0 Å². The van der Waals surface area contributed by atoms with Crippen LogP contribution in [0.15, 0.2) is 121 Å². The summed E-state index contributed by atoms with van der Waals surface area (Å²) in [6, 6.07) is 46.4. The first-order valence-electron chi connectivity index (χ1n) is 15.9. The van der Waals surface area contributed by atoms with E-state index in [1.807, 2.05) is 0 Å². The van der Waals surface area contributed by atoms with Crippen molar-refractivity contribution in [2.45, 2.75) is 34.2 Å². The van der Waals surface area contributed by atoms with Gasteiger partial charge in [-0.15, -0.1) is 0 Å². The Balaban J connectivity index is 1.38. The van der Waals surface area contributed by atoms with Crippen LogP contribution in [0.5, 0.6) is 0 Å². The van der Waals surface area contributed by atoms with Crippen LogP contribution in [-0.4, -0.2) is 5.92 Å². The monoisotopic (exact) mass is 659 g/mol. The molecule has 0 fully saturated rings. The van der Waals surface area contributed by atoms with Crippen molar-refractivity contribution in [1.82, 2.24) is 0 Å². The van der Waals surface area contributed by atoms with Gasteiger partial charge in [0.05, 0.1) is 0 Å². The van der Waals surface area contributed by atoms with Gasteiger partial charge in [0.1, 0.15) is 0 Å². The molecule has 0 radical (unpaired) electrons. The standard InChI is InChI=1S/2C20H15.C2H7Si.Zr/c2*1-14-10-17-8-4-5-9-19(17)20(11-14)18-12-15-6-2-3-7-16(15)13-18;1-3-2;/h2*2-13H,1H3;3H,1-2H3;. The maximum atomic E-state index is 2.68. The Labute approximate surface area is 270 Å². The van der Waals surface area contributed by atoms with Crippen LogP contribution in [0.1, 0.15) is 51.8 Å². The van der Waals surface area contributed by atoms with Crippen molar-refractivity contribution in [1.29, 1.82) is 0 Å². The summed E-state index contributed by atoms with van der Waals surface area (Å²) in [6.45, 7) is 9.88. The number of fused-ring (bicyclic) bond motifs is 4. The van der Waals surface area contributed by atoms with Crippen molar-refractivity contribution in [3.63, 3.8) is 0 Å². The molecule has 0 saturated heterocycles. The summed E-state index contributed by atoms with van der Waals surface area (Å²) in [4.78, 5) is 0. The van der Waals surface area contributed by atoms with Gasteiger partial charge in [-0.25, -0.2) is 0 Å². The second-order valence-electron chi connectivity index (χ2n) is 13.0. The SMILES string of the molecule is Cc1cc(C2=Cc3ccccc3[CH]2[Zr]([CH]2C(c3cc(C)cc4ccccc34)=Cc3ccccc32)[SiH](C)C)c2ccccc2c1. The quantitative estimate of drug-likeness (QED) is 0.161. The summed E-state index contributed by atoms with van der Waals surface area (Å²) in [5.74, 6) is -1.07. The van der Waals surface area contributed by atoms with Crippen LogP contribution >= 0.6 is 0 Å². The van der Waals surface area contributed by atoms with Gasteiger partial charge in [-0.3, -0.25) is 0 Å². The minimum atomic E-state index is -2.38. The van der Waals surface area contributed by atoms with Crippen LogP contribution in [0, 0.1) is 13.8 Å². The van der Waals surface area contributed by atoms with E-state index < -0.39 is 26.8 Å². The molecule has 0 bridgehead atoms. The predicted octanol–water partition coefficient (Wildman–Crippen LogP) is 11.1. The zero-order chi connectivity index (χ0) is 29.9. The number of allylic oxidation sites excluding steroid dienone is 2. The Bertz CT molecular complexity index is 2000. The molecule has 0 amide bonds. The number of aryl methyl sites for hydroxylation is 2. The number of hydrogen-bond acceptors (Lipinski definition) is 0. The summed E-state index contributed by atoms with van der Waals surface area (Å²) >= 11 is -2.38. The Morgan fingerprint density at radius 3 is 1.36 bits per heavy atom. The molecule has 2 heteroatoms. The molecule has 2 aliphatic carbocycles. The van der Waals surface area contributed by atoms with Crippen LogP contribution in [0.3, 0.4) is 0 Å². The molecule has 44 heavy (non-hydrogen) atoms. The van der Waals surface area contributed by atoms with E-state index in [1.165, 1.54) is 54.9 Å². The molecule has 0 N–H and O–H groups in total. The van der Waals surface area contributed by atoms with Gasteiger partial charge >= 0.3 is 272 Å². The molecule has 2 atom stereocenters. The summed E-state index contributed by atoms with van der Waals surface area (Å²) < 4.78 is 1.06. The van der Waals surface area contributed by atoms with Crippen LogP contribution in [-0.2, 0) is 20.9 Å². The minimum absolute atomic E-state index is 0.529. The molecule has 0 heterocycles. The Morgan fingerprint density at radius 1 is 0.500 bits per heavy atom. The van der Waals surface area contributed by atoms with E-state index in [2.05, 4.69) is 160 Å². The van der Waals surface area contributed by atoms with Gasteiger partial charge in [0.2, 0.25) is 0 Å². The molecule has 0 spiro atoms. The van der Waals surface area contributed by atoms with Crippen LogP contribution in [0.4, 0.5) is 0 Å². The Kier molecular flexibility index (Phi) is 7.04. The number of rotatable bonds is 5. The number of hydrogen-bond donors (Lipinski definition) is 0. The van der Waals surface area contributed by atoms with Crippen molar-refractivity contribution in [2.24, 2.45) is 0 Å². The molecular formula is C42H37SiZr. The first-order valence-corrected chi connectivity index (χ1v) is 25.9. The van der Waals surface area contributed by atoms with Crippen molar-refractivity contribution in [2.75, 3.05) is 0 Å². The maximum absolute atomic E-state index is 2.68. The molecule has 8 rings (SSSR count). The molecule has 0 saturated carbocycles. The fourth-order valence-electron chi connectivity index (χ4n) is 8.06.